The lowest BCUT2D eigenvalue weighted by molar-refractivity contribution is -0.137. The summed E-state index contributed by atoms with van der Waals surface area (Å²) in [4.78, 5) is 25.7. The fraction of sp³-hybridized carbons (Fsp3) is 0.450. The third-order valence-corrected chi connectivity index (χ3v) is 4.85. The fourth-order valence-corrected chi connectivity index (χ4v) is 3.68. The first-order valence-electron chi connectivity index (χ1n) is 9.25. The Kier molecular flexibility index (Phi) is 5.71. The highest BCUT2D eigenvalue weighted by atomic mass is 16.4. The van der Waals surface area contributed by atoms with Crippen molar-refractivity contribution >= 4 is 11.9 Å². The summed E-state index contributed by atoms with van der Waals surface area (Å²) >= 11 is 0. The Morgan fingerprint density at radius 3 is 2.54 bits per heavy atom. The number of amides is 1. The summed E-state index contributed by atoms with van der Waals surface area (Å²) in [6.45, 7) is 2.05. The van der Waals surface area contributed by atoms with Gasteiger partial charge in [0.25, 0.3) is 5.91 Å². The van der Waals surface area contributed by atoms with E-state index >= 15 is 0 Å². The minimum atomic E-state index is -1.00. The van der Waals surface area contributed by atoms with Crippen molar-refractivity contribution in [2.45, 2.75) is 45.1 Å². The second kappa shape index (κ2) is 8.17. The van der Waals surface area contributed by atoms with Crippen LogP contribution in [0.2, 0.25) is 0 Å². The highest BCUT2D eigenvalue weighted by Crippen LogP contribution is 2.35. The van der Waals surface area contributed by atoms with Crippen LogP contribution in [-0.2, 0) is 4.79 Å². The van der Waals surface area contributed by atoms with E-state index in [0.29, 0.717) is 24.6 Å². The molecule has 0 radical (unpaired) electrons. The molecule has 1 fully saturated rings. The van der Waals surface area contributed by atoms with Crippen LogP contribution in [0.1, 0.15) is 55.4 Å². The number of carboxylic acid groups (broad SMARTS) is 1. The van der Waals surface area contributed by atoms with E-state index < -0.39 is 5.97 Å². The van der Waals surface area contributed by atoms with E-state index in [2.05, 4.69) is 5.10 Å². The van der Waals surface area contributed by atoms with Crippen molar-refractivity contribution in [1.82, 2.24) is 14.7 Å². The zero-order valence-electron chi connectivity index (χ0n) is 15.1. The number of aromatic nitrogens is 2. The SMILES string of the molecule is CCCN(CC(=O)O)C(=O)c1cnn(C2CCCC2)c1-c1ccccc1. The molecule has 26 heavy (non-hydrogen) atoms. The monoisotopic (exact) mass is 355 g/mol. The minimum absolute atomic E-state index is 0.266. The molecule has 0 bridgehead atoms. The summed E-state index contributed by atoms with van der Waals surface area (Å²) in [5.41, 5.74) is 2.22. The molecule has 0 unspecified atom stereocenters. The summed E-state index contributed by atoms with van der Waals surface area (Å²) < 4.78 is 1.97. The summed E-state index contributed by atoms with van der Waals surface area (Å²) in [5.74, 6) is -1.27. The number of rotatable bonds is 7. The highest BCUT2D eigenvalue weighted by molar-refractivity contribution is 6.01. The molecule has 3 rings (SSSR count). The normalized spacial score (nSPS) is 14.5. The molecule has 6 nitrogen and oxygen atoms in total. The Morgan fingerprint density at radius 1 is 1.23 bits per heavy atom. The molecule has 1 heterocycles. The topological polar surface area (TPSA) is 75.4 Å². The molecular weight excluding hydrogens is 330 g/mol. The summed E-state index contributed by atoms with van der Waals surface area (Å²) in [5, 5.41) is 13.7. The van der Waals surface area contributed by atoms with Crippen LogP contribution in [0, 0.1) is 0 Å². The van der Waals surface area contributed by atoms with Crippen LogP contribution < -0.4 is 0 Å². The highest BCUT2D eigenvalue weighted by Gasteiger charge is 2.28. The number of benzene rings is 1. The van der Waals surface area contributed by atoms with Crippen molar-refractivity contribution in [3.63, 3.8) is 0 Å². The van der Waals surface area contributed by atoms with E-state index in [0.717, 1.165) is 24.1 Å². The zero-order valence-corrected chi connectivity index (χ0v) is 15.1. The lowest BCUT2D eigenvalue weighted by Crippen LogP contribution is -2.36. The van der Waals surface area contributed by atoms with E-state index in [1.54, 1.807) is 6.20 Å². The third-order valence-electron chi connectivity index (χ3n) is 4.85. The molecule has 0 aliphatic heterocycles. The number of nitrogens with zero attached hydrogens (tertiary/aromatic N) is 3. The average molecular weight is 355 g/mol. The molecular formula is C20H25N3O3. The maximum absolute atomic E-state index is 13.1. The molecule has 1 aromatic carbocycles. The molecule has 0 saturated heterocycles. The largest absolute Gasteiger partial charge is 0.480 e. The number of carbonyl (C=O) groups excluding carboxylic acids is 1. The second-order valence-corrected chi connectivity index (χ2v) is 6.78. The molecule has 1 aliphatic carbocycles. The first-order chi connectivity index (χ1) is 12.6. The van der Waals surface area contributed by atoms with Crippen molar-refractivity contribution in [2.75, 3.05) is 13.1 Å². The van der Waals surface area contributed by atoms with E-state index in [9.17, 15) is 9.59 Å². The molecule has 6 heteroatoms. The second-order valence-electron chi connectivity index (χ2n) is 6.78. The Morgan fingerprint density at radius 2 is 1.92 bits per heavy atom. The molecule has 1 amide bonds. The smallest absolute Gasteiger partial charge is 0.323 e. The molecule has 0 atom stereocenters. The van der Waals surface area contributed by atoms with E-state index in [1.165, 1.54) is 17.7 Å². The predicted molar refractivity (Wildman–Crippen MR) is 99.0 cm³/mol. The van der Waals surface area contributed by atoms with E-state index in [4.69, 9.17) is 5.11 Å². The maximum atomic E-state index is 13.1. The first kappa shape index (κ1) is 18.2. The van der Waals surface area contributed by atoms with Crippen LogP contribution in [0.3, 0.4) is 0 Å². The van der Waals surface area contributed by atoms with Crippen molar-refractivity contribution in [3.05, 3.63) is 42.1 Å². The Bertz CT molecular complexity index is 764. The predicted octanol–water partition coefficient (Wildman–Crippen LogP) is 3.60. The Balaban J connectivity index is 2.03. The van der Waals surface area contributed by atoms with Gasteiger partial charge in [0.05, 0.1) is 23.5 Å². The van der Waals surface area contributed by atoms with Crippen LogP contribution in [0.15, 0.2) is 36.5 Å². The summed E-state index contributed by atoms with van der Waals surface area (Å²) in [7, 11) is 0. The van der Waals surface area contributed by atoms with Gasteiger partial charge in [-0.25, -0.2) is 0 Å². The zero-order chi connectivity index (χ0) is 18.5. The van der Waals surface area contributed by atoms with Gasteiger partial charge in [0, 0.05) is 12.1 Å². The lowest BCUT2D eigenvalue weighted by Gasteiger charge is -2.21. The van der Waals surface area contributed by atoms with E-state index in [1.807, 2.05) is 41.9 Å². The van der Waals surface area contributed by atoms with Gasteiger partial charge >= 0.3 is 5.97 Å². The minimum Gasteiger partial charge on any atom is -0.480 e. The first-order valence-corrected chi connectivity index (χ1v) is 9.25. The van der Waals surface area contributed by atoms with Gasteiger partial charge < -0.3 is 10.0 Å². The Hall–Kier alpha value is -2.63. The molecule has 138 valence electrons. The molecule has 1 aromatic heterocycles. The molecule has 0 spiro atoms. The standard InChI is InChI=1S/C20H25N3O3/c1-2-12-22(14-18(24)25)20(26)17-13-21-23(16-10-6-7-11-16)19(17)15-8-4-3-5-9-15/h3-5,8-9,13,16H,2,6-7,10-12,14H2,1H3,(H,24,25). The van der Waals surface area contributed by atoms with Crippen LogP contribution in [0.4, 0.5) is 0 Å². The Labute approximate surface area is 153 Å². The quantitative estimate of drug-likeness (QED) is 0.823. The van der Waals surface area contributed by atoms with Gasteiger partial charge in [-0.1, -0.05) is 50.1 Å². The summed E-state index contributed by atoms with van der Waals surface area (Å²) in [6.07, 6.45) is 6.77. The summed E-state index contributed by atoms with van der Waals surface area (Å²) in [6, 6.07) is 10.1. The van der Waals surface area contributed by atoms with Gasteiger partial charge in [0.15, 0.2) is 0 Å². The number of hydrogen-bond donors (Lipinski definition) is 1. The van der Waals surface area contributed by atoms with Gasteiger partial charge in [-0.05, 0) is 19.3 Å². The molecule has 1 aliphatic rings. The van der Waals surface area contributed by atoms with E-state index in [-0.39, 0.29) is 12.5 Å². The number of carboxylic acids is 1. The fourth-order valence-electron chi connectivity index (χ4n) is 3.68. The van der Waals surface area contributed by atoms with Gasteiger partial charge in [-0.2, -0.15) is 5.10 Å². The molecule has 1 N–H and O–H groups in total. The number of aliphatic carboxylic acids is 1. The third kappa shape index (κ3) is 3.79. The van der Waals surface area contributed by atoms with Gasteiger partial charge in [-0.15, -0.1) is 0 Å². The van der Waals surface area contributed by atoms with Crippen molar-refractivity contribution in [1.29, 1.82) is 0 Å². The van der Waals surface area contributed by atoms with Crippen molar-refractivity contribution in [2.24, 2.45) is 0 Å². The van der Waals surface area contributed by atoms with Crippen LogP contribution in [0.25, 0.3) is 11.3 Å². The maximum Gasteiger partial charge on any atom is 0.323 e. The van der Waals surface area contributed by atoms with Crippen LogP contribution >= 0.6 is 0 Å². The van der Waals surface area contributed by atoms with Crippen molar-refractivity contribution < 1.29 is 14.7 Å². The van der Waals surface area contributed by atoms with Crippen LogP contribution in [0.5, 0.6) is 0 Å². The van der Waals surface area contributed by atoms with Gasteiger partial charge in [0.2, 0.25) is 0 Å². The number of carbonyl (C=O) groups is 2. The molecule has 1 saturated carbocycles. The van der Waals surface area contributed by atoms with Crippen LogP contribution in [-0.4, -0.2) is 44.8 Å². The molecule has 2 aromatic rings. The van der Waals surface area contributed by atoms with Gasteiger partial charge in [-0.3, -0.25) is 14.3 Å². The average Bonchev–Trinajstić information content (AvgIpc) is 3.30. The lowest BCUT2D eigenvalue weighted by atomic mass is 10.1. The van der Waals surface area contributed by atoms with Gasteiger partial charge in [0.1, 0.15) is 6.54 Å². The number of hydrogen-bond acceptors (Lipinski definition) is 3. The van der Waals surface area contributed by atoms with Crippen molar-refractivity contribution in [3.8, 4) is 11.3 Å².